The quantitative estimate of drug-likeness (QED) is 0.399. The molecule has 0 saturated heterocycles. The van der Waals surface area contributed by atoms with Gasteiger partial charge in [-0.1, -0.05) is 6.07 Å². The molecule has 0 radical (unpaired) electrons. The van der Waals surface area contributed by atoms with Gasteiger partial charge in [0, 0.05) is 17.4 Å². The molecule has 4 N–H and O–H groups in total. The van der Waals surface area contributed by atoms with Crippen molar-refractivity contribution in [2.75, 3.05) is 5.32 Å². The van der Waals surface area contributed by atoms with E-state index in [4.69, 9.17) is 10.5 Å². The largest absolute Gasteiger partial charge is 0.490 e. The molecule has 102 valence electrons. The Bertz CT molecular complexity index is 743. The Labute approximate surface area is 119 Å². The predicted octanol–water partition coefficient (Wildman–Crippen LogP) is -1.27. The van der Waals surface area contributed by atoms with E-state index in [1.165, 1.54) is 24.4 Å². The minimum Gasteiger partial charge on any atom is -0.423 e. The molecule has 9 nitrogen and oxygen atoms in total. The molecule has 0 fully saturated rings. The Kier molecular flexibility index (Phi) is 4.26. The lowest BCUT2D eigenvalue weighted by atomic mass is 9.78. The number of aromatic nitrogens is 4. The summed E-state index contributed by atoms with van der Waals surface area (Å²) in [5.41, 5.74) is 0.855. The number of nitrogens with one attached hydrogen (secondary N) is 2. The maximum absolute atomic E-state index is 9.28. The Morgan fingerprint density at radius 1 is 1.38 bits per heavy atom. The predicted molar refractivity (Wildman–Crippen MR) is 72.4 cm³/mol. The first-order valence-corrected chi connectivity index (χ1v) is 5.66. The van der Waals surface area contributed by atoms with Crippen LogP contribution < -0.4 is 10.8 Å². The average molecular weight is 281 g/mol. The van der Waals surface area contributed by atoms with Gasteiger partial charge in [-0.2, -0.15) is 15.7 Å². The highest BCUT2D eigenvalue weighted by Gasteiger charge is 2.16. The number of benzene rings is 1. The smallest absolute Gasteiger partial charge is 0.423 e. The zero-order valence-corrected chi connectivity index (χ0v) is 10.5. The first-order chi connectivity index (χ1) is 10.2. The van der Waals surface area contributed by atoms with E-state index in [1.807, 2.05) is 12.1 Å². The summed E-state index contributed by atoms with van der Waals surface area (Å²) in [6, 6.07) is 8.09. The van der Waals surface area contributed by atoms with E-state index in [1.54, 1.807) is 0 Å². The highest BCUT2D eigenvalue weighted by molar-refractivity contribution is 6.60. The number of anilines is 1. The summed E-state index contributed by atoms with van der Waals surface area (Å²) in [4.78, 5) is 0. The highest BCUT2D eigenvalue weighted by atomic mass is 16.4. The van der Waals surface area contributed by atoms with Gasteiger partial charge in [-0.15, -0.1) is 10.2 Å². The van der Waals surface area contributed by atoms with Gasteiger partial charge in [0.15, 0.2) is 0 Å². The molecular weight excluding hydrogens is 273 g/mol. The zero-order chi connectivity index (χ0) is 15.2. The third kappa shape index (κ3) is 3.22. The van der Waals surface area contributed by atoms with E-state index in [0.29, 0.717) is 5.56 Å². The number of tetrazole rings is 1. The summed E-state index contributed by atoms with van der Waals surface area (Å²) in [6.07, 6.45) is 1.28. The summed E-state index contributed by atoms with van der Waals surface area (Å²) in [5.74, 6) is 0.0903. The van der Waals surface area contributed by atoms with Crippen molar-refractivity contribution in [1.29, 1.82) is 10.5 Å². The lowest BCUT2D eigenvalue weighted by molar-refractivity contribution is 0.426. The SMILES string of the molecule is N#CC(=CNc1cc(C#N)ccc1B(O)O)c1nn[nH]n1. The lowest BCUT2D eigenvalue weighted by Crippen LogP contribution is -2.32. The van der Waals surface area contributed by atoms with E-state index in [-0.39, 0.29) is 22.5 Å². The van der Waals surface area contributed by atoms with Crippen LogP contribution in [0.5, 0.6) is 0 Å². The number of nitriles is 2. The Morgan fingerprint density at radius 3 is 2.76 bits per heavy atom. The second-order valence-electron chi connectivity index (χ2n) is 3.84. The van der Waals surface area contributed by atoms with Crippen LogP contribution in [0.2, 0.25) is 0 Å². The van der Waals surface area contributed by atoms with Crippen molar-refractivity contribution in [3.8, 4) is 12.1 Å². The number of hydrogen-bond donors (Lipinski definition) is 4. The van der Waals surface area contributed by atoms with Gasteiger partial charge in [-0.25, -0.2) is 0 Å². The van der Waals surface area contributed by atoms with Crippen LogP contribution in [0.15, 0.2) is 24.4 Å². The minimum atomic E-state index is -1.72. The van der Waals surface area contributed by atoms with Crippen LogP contribution in [0.25, 0.3) is 5.57 Å². The van der Waals surface area contributed by atoms with Crippen LogP contribution in [0.1, 0.15) is 11.4 Å². The molecule has 2 aromatic rings. The molecule has 0 aliphatic carbocycles. The molecule has 2 rings (SSSR count). The van der Waals surface area contributed by atoms with Gasteiger partial charge in [-0.3, -0.25) is 0 Å². The number of hydrogen-bond acceptors (Lipinski definition) is 8. The zero-order valence-electron chi connectivity index (χ0n) is 10.5. The van der Waals surface area contributed by atoms with E-state index in [2.05, 4.69) is 25.9 Å². The molecular formula is C11H8BN7O2. The van der Waals surface area contributed by atoms with Crippen molar-refractivity contribution >= 4 is 23.8 Å². The molecule has 1 aromatic heterocycles. The fourth-order valence-corrected chi connectivity index (χ4v) is 1.55. The number of aromatic amines is 1. The third-order valence-corrected chi connectivity index (χ3v) is 2.54. The second kappa shape index (κ2) is 6.30. The molecule has 21 heavy (non-hydrogen) atoms. The van der Waals surface area contributed by atoms with Crippen LogP contribution >= 0.6 is 0 Å². The monoisotopic (exact) mass is 281 g/mol. The first kappa shape index (κ1) is 14.2. The third-order valence-electron chi connectivity index (χ3n) is 2.54. The Hall–Kier alpha value is -3.21. The van der Waals surface area contributed by atoms with Gasteiger partial charge in [-0.05, 0) is 17.3 Å². The second-order valence-corrected chi connectivity index (χ2v) is 3.84. The van der Waals surface area contributed by atoms with Crippen LogP contribution in [0, 0.1) is 22.7 Å². The van der Waals surface area contributed by atoms with E-state index in [0.717, 1.165) is 0 Å². The standard InChI is InChI=1S/C11H8BN7O2/c13-4-7-1-2-9(12(20)21)10(3-7)15-6-8(5-14)11-16-18-19-17-11/h1-3,6,15,20-21H,(H,16,17,18,19). The molecule has 0 aliphatic rings. The maximum Gasteiger partial charge on any atom is 0.490 e. The van der Waals surface area contributed by atoms with Crippen LogP contribution in [-0.4, -0.2) is 37.8 Å². The summed E-state index contributed by atoms with van der Waals surface area (Å²) >= 11 is 0. The van der Waals surface area contributed by atoms with Crippen LogP contribution in [-0.2, 0) is 0 Å². The molecule has 0 atom stereocenters. The van der Waals surface area contributed by atoms with Crippen molar-refractivity contribution < 1.29 is 10.0 Å². The highest BCUT2D eigenvalue weighted by Crippen LogP contribution is 2.11. The Balaban J connectivity index is 2.35. The Morgan fingerprint density at radius 2 is 2.19 bits per heavy atom. The van der Waals surface area contributed by atoms with Crippen molar-refractivity contribution in [2.45, 2.75) is 0 Å². The summed E-state index contributed by atoms with van der Waals surface area (Å²) in [7, 11) is -1.72. The van der Waals surface area contributed by atoms with Crippen molar-refractivity contribution in [3.05, 3.63) is 35.8 Å². The number of allylic oxidation sites excluding steroid dienone is 1. The normalized spacial score (nSPS) is 10.6. The summed E-state index contributed by atoms with van der Waals surface area (Å²) in [6.45, 7) is 0. The topological polar surface area (TPSA) is 155 Å². The van der Waals surface area contributed by atoms with Gasteiger partial charge in [0.1, 0.15) is 11.6 Å². The average Bonchev–Trinajstić information content (AvgIpc) is 3.01. The molecule has 0 spiro atoms. The van der Waals surface area contributed by atoms with Crippen molar-refractivity contribution in [2.24, 2.45) is 0 Å². The van der Waals surface area contributed by atoms with E-state index in [9.17, 15) is 10.0 Å². The van der Waals surface area contributed by atoms with Crippen molar-refractivity contribution in [3.63, 3.8) is 0 Å². The van der Waals surface area contributed by atoms with E-state index >= 15 is 0 Å². The van der Waals surface area contributed by atoms with Gasteiger partial charge >= 0.3 is 7.12 Å². The molecule has 0 bridgehead atoms. The number of H-pyrrole nitrogens is 1. The van der Waals surface area contributed by atoms with E-state index < -0.39 is 7.12 Å². The molecule has 10 heteroatoms. The molecule has 0 saturated carbocycles. The molecule has 0 unspecified atom stereocenters. The van der Waals surface area contributed by atoms with Gasteiger partial charge < -0.3 is 15.4 Å². The fourth-order valence-electron chi connectivity index (χ4n) is 1.55. The fraction of sp³-hybridized carbons (Fsp3) is 0. The summed E-state index contributed by atoms with van der Waals surface area (Å²) < 4.78 is 0. The lowest BCUT2D eigenvalue weighted by Gasteiger charge is -2.09. The van der Waals surface area contributed by atoms with Crippen LogP contribution in [0.3, 0.4) is 0 Å². The molecule has 0 aliphatic heterocycles. The summed E-state index contributed by atoms with van der Waals surface area (Å²) in [5, 5.41) is 52.1. The van der Waals surface area contributed by atoms with Gasteiger partial charge in [0.05, 0.1) is 11.6 Å². The van der Waals surface area contributed by atoms with Gasteiger partial charge in [0.25, 0.3) is 0 Å². The first-order valence-electron chi connectivity index (χ1n) is 5.66. The number of rotatable bonds is 4. The van der Waals surface area contributed by atoms with Gasteiger partial charge in [0.2, 0.25) is 5.82 Å². The van der Waals surface area contributed by atoms with Crippen LogP contribution in [0.4, 0.5) is 5.69 Å². The molecule has 1 heterocycles. The number of nitrogens with zero attached hydrogens (tertiary/aromatic N) is 5. The maximum atomic E-state index is 9.28. The molecule has 0 amide bonds. The van der Waals surface area contributed by atoms with Crippen molar-refractivity contribution in [1.82, 2.24) is 20.6 Å². The molecule has 1 aromatic carbocycles. The minimum absolute atomic E-state index is 0.0875.